The summed E-state index contributed by atoms with van der Waals surface area (Å²) in [4.78, 5) is 11.7. The number of nitriles is 1. The number of amides is 2. The number of rotatable bonds is 3. The molecule has 0 aromatic heterocycles. The fourth-order valence-electron chi connectivity index (χ4n) is 1.71. The van der Waals surface area contributed by atoms with E-state index in [1.165, 1.54) is 24.3 Å². The Morgan fingerprint density at radius 1 is 1.14 bits per heavy atom. The van der Waals surface area contributed by atoms with Crippen molar-refractivity contribution in [2.24, 2.45) is 0 Å². The molecule has 0 fully saturated rings. The third-order valence-corrected chi connectivity index (χ3v) is 2.69. The lowest BCUT2D eigenvalue weighted by atomic mass is 10.2. The summed E-state index contributed by atoms with van der Waals surface area (Å²) in [5, 5.41) is 13.8. The van der Waals surface area contributed by atoms with Crippen LogP contribution in [0.5, 0.6) is 0 Å². The number of nitrogens with zero attached hydrogens (tertiary/aromatic N) is 1. The predicted octanol–water partition coefficient (Wildman–Crippen LogP) is 3.16. The molecule has 2 amide bonds. The molecular weight excluding hydrogens is 276 g/mol. The first-order valence-electron chi connectivity index (χ1n) is 6.07. The average Bonchev–Trinajstić information content (AvgIpc) is 2.47. The fraction of sp³-hybridized carbons (Fsp3) is 0.0667. The highest BCUT2D eigenvalue weighted by Crippen LogP contribution is 2.15. The van der Waals surface area contributed by atoms with Gasteiger partial charge in [-0.1, -0.05) is 12.1 Å². The van der Waals surface area contributed by atoms with E-state index in [2.05, 4.69) is 10.6 Å². The van der Waals surface area contributed by atoms with Crippen molar-refractivity contribution in [3.8, 4) is 6.07 Å². The van der Waals surface area contributed by atoms with Crippen LogP contribution in [-0.4, -0.2) is 6.03 Å². The van der Waals surface area contributed by atoms with E-state index >= 15 is 0 Å². The Kier molecular flexibility index (Phi) is 4.46. The van der Waals surface area contributed by atoms with Gasteiger partial charge in [-0.25, -0.2) is 13.6 Å². The van der Waals surface area contributed by atoms with Gasteiger partial charge in [-0.15, -0.1) is 0 Å². The van der Waals surface area contributed by atoms with Gasteiger partial charge in [0.1, 0.15) is 17.7 Å². The van der Waals surface area contributed by atoms with E-state index in [4.69, 9.17) is 5.26 Å². The molecule has 2 rings (SSSR count). The maximum Gasteiger partial charge on any atom is 0.319 e. The van der Waals surface area contributed by atoms with Crippen LogP contribution in [0.15, 0.2) is 42.5 Å². The van der Waals surface area contributed by atoms with Gasteiger partial charge in [0.25, 0.3) is 0 Å². The molecule has 0 aliphatic carbocycles. The average molecular weight is 287 g/mol. The van der Waals surface area contributed by atoms with Crippen LogP contribution in [0.3, 0.4) is 0 Å². The van der Waals surface area contributed by atoms with Gasteiger partial charge in [0.05, 0.1) is 11.3 Å². The summed E-state index contributed by atoms with van der Waals surface area (Å²) in [7, 11) is 0. The maximum absolute atomic E-state index is 13.0. The highest BCUT2D eigenvalue weighted by atomic mass is 19.1. The lowest BCUT2D eigenvalue weighted by Gasteiger charge is -2.09. The van der Waals surface area contributed by atoms with Gasteiger partial charge in [0, 0.05) is 6.54 Å². The molecule has 21 heavy (non-hydrogen) atoms. The topological polar surface area (TPSA) is 64.9 Å². The van der Waals surface area contributed by atoms with Crippen LogP contribution in [-0.2, 0) is 6.54 Å². The van der Waals surface area contributed by atoms with Crippen LogP contribution in [0.2, 0.25) is 0 Å². The Morgan fingerprint density at radius 3 is 2.62 bits per heavy atom. The lowest BCUT2D eigenvalue weighted by Crippen LogP contribution is -2.28. The van der Waals surface area contributed by atoms with Crippen molar-refractivity contribution in [1.29, 1.82) is 5.26 Å². The van der Waals surface area contributed by atoms with Crippen molar-refractivity contribution in [1.82, 2.24) is 5.32 Å². The van der Waals surface area contributed by atoms with Crippen molar-refractivity contribution in [2.45, 2.75) is 6.54 Å². The van der Waals surface area contributed by atoms with Crippen molar-refractivity contribution in [2.75, 3.05) is 5.32 Å². The van der Waals surface area contributed by atoms with Crippen molar-refractivity contribution in [3.05, 3.63) is 65.2 Å². The van der Waals surface area contributed by atoms with Crippen LogP contribution in [0.4, 0.5) is 19.3 Å². The molecule has 0 aliphatic heterocycles. The second kappa shape index (κ2) is 6.48. The molecule has 6 heteroatoms. The standard InChI is InChI=1S/C15H11F2N3O/c16-12-3-1-2-10(6-12)9-19-15(21)20-14-5-4-13(17)7-11(14)8-18/h1-7H,9H2,(H2,19,20,21). The molecule has 106 valence electrons. The number of hydrogen-bond acceptors (Lipinski definition) is 2. The van der Waals surface area contributed by atoms with E-state index in [9.17, 15) is 13.6 Å². The normalized spacial score (nSPS) is 9.76. The number of urea groups is 1. The highest BCUT2D eigenvalue weighted by Gasteiger charge is 2.07. The van der Waals surface area contributed by atoms with Gasteiger partial charge >= 0.3 is 6.03 Å². The van der Waals surface area contributed by atoms with Crippen LogP contribution in [0, 0.1) is 23.0 Å². The van der Waals surface area contributed by atoms with Crippen LogP contribution < -0.4 is 10.6 Å². The Hall–Kier alpha value is -2.94. The predicted molar refractivity (Wildman–Crippen MR) is 73.4 cm³/mol. The molecule has 0 atom stereocenters. The third kappa shape index (κ3) is 4.01. The van der Waals surface area contributed by atoms with Gasteiger partial charge in [0.2, 0.25) is 0 Å². The number of benzene rings is 2. The van der Waals surface area contributed by atoms with E-state index < -0.39 is 11.8 Å². The SMILES string of the molecule is N#Cc1cc(F)ccc1NC(=O)NCc1cccc(F)c1. The quantitative estimate of drug-likeness (QED) is 0.910. The summed E-state index contributed by atoms with van der Waals surface area (Å²) in [5.74, 6) is -0.947. The Labute approximate surface area is 120 Å². The number of halogens is 2. The van der Waals surface area contributed by atoms with Gasteiger partial charge in [-0.3, -0.25) is 0 Å². The Bertz CT molecular complexity index is 710. The van der Waals surface area contributed by atoms with E-state index in [0.717, 1.165) is 12.1 Å². The van der Waals surface area contributed by atoms with Crippen LogP contribution >= 0.6 is 0 Å². The molecule has 0 saturated heterocycles. The molecule has 0 radical (unpaired) electrons. The van der Waals surface area contributed by atoms with E-state index in [0.29, 0.717) is 5.56 Å². The van der Waals surface area contributed by atoms with Gasteiger partial charge < -0.3 is 10.6 Å². The molecule has 2 aromatic carbocycles. The first-order valence-corrected chi connectivity index (χ1v) is 6.07. The number of carbonyl (C=O) groups is 1. The molecule has 2 N–H and O–H groups in total. The van der Waals surface area contributed by atoms with Gasteiger partial charge in [0.15, 0.2) is 0 Å². The van der Waals surface area contributed by atoms with Crippen molar-refractivity contribution < 1.29 is 13.6 Å². The zero-order valence-corrected chi connectivity index (χ0v) is 10.9. The number of anilines is 1. The van der Waals surface area contributed by atoms with Crippen molar-refractivity contribution in [3.63, 3.8) is 0 Å². The summed E-state index contributed by atoms with van der Waals surface area (Å²) in [6, 6.07) is 10.5. The molecule has 0 unspecified atom stereocenters. The minimum absolute atomic E-state index is 0.0240. The zero-order valence-electron chi connectivity index (χ0n) is 10.9. The van der Waals surface area contributed by atoms with Crippen LogP contribution in [0.25, 0.3) is 0 Å². The Morgan fingerprint density at radius 2 is 1.90 bits per heavy atom. The minimum atomic E-state index is -0.567. The first kappa shape index (κ1) is 14.5. The summed E-state index contributed by atoms with van der Waals surface area (Å²) in [6.07, 6.45) is 0. The summed E-state index contributed by atoms with van der Waals surface area (Å²) >= 11 is 0. The first-order chi connectivity index (χ1) is 10.1. The zero-order chi connectivity index (χ0) is 15.2. The maximum atomic E-state index is 13.0. The molecule has 0 saturated carbocycles. The minimum Gasteiger partial charge on any atom is -0.334 e. The largest absolute Gasteiger partial charge is 0.334 e. The fourth-order valence-corrected chi connectivity index (χ4v) is 1.71. The molecule has 0 bridgehead atoms. The summed E-state index contributed by atoms with van der Waals surface area (Å²) in [6.45, 7) is 0.132. The molecule has 0 aliphatic rings. The Balaban J connectivity index is 1.98. The molecule has 2 aromatic rings. The third-order valence-electron chi connectivity index (χ3n) is 2.69. The van der Waals surface area contributed by atoms with Gasteiger partial charge in [-0.2, -0.15) is 5.26 Å². The number of nitrogens with one attached hydrogen (secondary N) is 2. The summed E-state index contributed by atoms with van der Waals surface area (Å²) in [5.41, 5.74) is 0.830. The van der Waals surface area contributed by atoms with E-state index in [-0.39, 0.29) is 23.6 Å². The smallest absolute Gasteiger partial charge is 0.319 e. The second-order valence-corrected chi connectivity index (χ2v) is 4.24. The van der Waals surface area contributed by atoms with Crippen LogP contribution in [0.1, 0.15) is 11.1 Å². The van der Waals surface area contributed by atoms with Gasteiger partial charge in [-0.05, 0) is 35.9 Å². The lowest BCUT2D eigenvalue weighted by molar-refractivity contribution is 0.251. The molecule has 0 spiro atoms. The number of carbonyl (C=O) groups excluding carboxylic acids is 1. The van der Waals surface area contributed by atoms with E-state index in [1.54, 1.807) is 12.1 Å². The second-order valence-electron chi connectivity index (χ2n) is 4.24. The molecule has 4 nitrogen and oxygen atoms in total. The van der Waals surface area contributed by atoms with E-state index in [1.807, 2.05) is 0 Å². The number of hydrogen-bond donors (Lipinski definition) is 2. The molecule has 0 heterocycles. The monoisotopic (exact) mass is 287 g/mol. The molecular formula is C15H11F2N3O. The highest BCUT2D eigenvalue weighted by molar-refractivity contribution is 5.90. The van der Waals surface area contributed by atoms with Crippen molar-refractivity contribution >= 4 is 11.7 Å². The summed E-state index contributed by atoms with van der Waals surface area (Å²) < 4.78 is 25.9.